The molecule has 0 aliphatic carbocycles. The van der Waals surface area contributed by atoms with Crippen molar-refractivity contribution in [1.82, 2.24) is 15.2 Å². The fourth-order valence-electron chi connectivity index (χ4n) is 1.64. The molecule has 0 atom stereocenters. The molecule has 21 heavy (non-hydrogen) atoms. The molecule has 3 rings (SSSR count). The van der Waals surface area contributed by atoms with Crippen LogP contribution in [0.25, 0.3) is 11.5 Å². The van der Waals surface area contributed by atoms with Crippen LogP contribution >= 0.6 is 27.7 Å². The van der Waals surface area contributed by atoms with Crippen molar-refractivity contribution >= 4 is 33.5 Å². The first kappa shape index (κ1) is 14.1. The Labute approximate surface area is 134 Å². The van der Waals surface area contributed by atoms with Crippen LogP contribution in [0.1, 0.15) is 5.89 Å². The van der Waals surface area contributed by atoms with Crippen molar-refractivity contribution in [1.29, 1.82) is 0 Å². The van der Waals surface area contributed by atoms with E-state index in [0.717, 1.165) is 14.9 Å². The van der Waals surface area contributed by atoms with Crippen molar-refractivity contribution in [2.24, 2.45) is 0 Å². The summed E-state index contributed by atoms with van der Waals surface area (Å²) in [7, 11) is 0. The highest BCUT2D eigenvalue weighted by atomic mass is 79.9. The molecule has 3 aromatic rings. The van der Waals surface area contributed by atoms with Crippen molar-refractivity contribution in [3.8, 4) is 11.5 Å². The summed E-state index contributed by atoms with van der Waals surface area (Å²) < 4.78 is 6.66. The molecule has 5 nitrogen and oxygen atoms in total. The topological polar surface area (TPSA) is 77.8 Å². The second-order valence-corrected chi connectivity index (χ2v) is 6.18. The number of nitrogen functional groups attached to an aromatic ring is 1. The van der Waals surface area contributed by atoms with Crippen LogP contribution in [0.15, 0.2) is 56.4 Å². The molecule has 2 heterocycles. The Kier molecular flexibility index (Phi) is 4.21. The van der Waals surface area contributed by atoms with Gasteiger partial charge in [0.15, 0.2) is 0 Å². The van der Waals surface area contributed by atoms with Gasteiger partial charge in [-0.3, -0.25) is 0 Å². The van der Waals surface area contributed by atoms with Gasteiger partial charge in [0.05, 0.1) is 5.75 Å². The summed E-state index contributed by atoms with van der Waals surface area (Å²) in [6, 6.07) is 11.4. The smallest absolute Gasteiger partial charge is 0.247 e. The third kappa shape index (κ3) is 3.62. The molecule has 0 saturated carbocycles. The Hall–Kier alpha value is -1.86. The fraction of sp³-hybridized carbons (Fsp3) is 0.0714. The average molecular weight is 363 g/mol. The van der Waals surface area contributed by atoms with Crippen LogP contribution in [0.5, 0.6) is 0 Å². The van der Waals surface area contributed by atoms with Crippen molar-refractivity contribution in [3.63, 3.8) is 0 Å². The Bertz CT molecular complexity index is 727. The number of halogens is 1. The van der Waals surface area contributed by atoms with Gasteiger partial charge in [0, 0.05) is 21.1 Å². The van der Waals surface area contributed by atoms with Gasteiger partial charge in [-0.1, -0.05) is 15.9 Å². The Morgan fingerprint density at radius 1 is 1.10 bits per heavy atom. The van der Waals surface area contributed by atoms with Crippen LogP contribution in [-0.2, 0) is 5.75 Å². The lowest BCUT2D eigenvalue weighted by atomic mass is 10.2. The highest BCUT2D eigenvalue weighted by Gasteiger charge is 2.09. The molecule has 0 saturated heterocycles. The molecular formula is C14H11BrN4OS. The van der Waals surface area contributed by atoms with Gasteiger partial charge in [0.1, 0.15) is 5.82 Å². The van der Waals surface area contributed by atoms with Crippen molar-refractivity contribution in [3.05, 3.63) is 53.0 Å². The van der Waals surface area contributed by atoms with Crippen LogP contribution in [-0.4, -0.2) is 15.2 Å². The van der Waals surface area contributed by atoms with Crippen LogP contribution in [0.3, 0.4) is 0 Å². The highest BCUT2D eigenvalue weighted by molar-refractivity contribution is 9.10. The fourth-order valence-corrected chi connectivity index (χ4v) is 2.61. The Balaban J connectivity index is 1.67. The van der Waals surface area contributed by atoms with Crippen molar-refractivity contribution < 1.29 is 4.42 Å². The number of anilines is 1. The SMILES string of the molecule is Nc1ccc(SCc2nnc(-c3ccc(Br)cc3)o2)cn1. The summed E-state index contributed by atoms with van der Waals surface area (Å²) in [5.41, 5.74) is 6.45. The van der Waals surface area contributed by atoms with E-state index < -0.39 is 0 Å². The molecule has 106 valence electrons. The maximum absolute atomic E-state index is 5.65. The number of rotatable bonds is 4. The van der Waals surface area contributed by atoms with E-state index in [1.807, 2.05) is 30.3 Å². The van der Waals surface area contributed by atoms with Gasteiger partial charge in [0.2, 0.25) is 11.8 Å². The van der Waals surface area contributed by atoms with Crippen LogP contribution in [0.4, 0.5) is 5.82 Å². The monoisotopic (exact) mass is 362 g/mol. The minimum absolute atomic E-state index is 0.509. The van der Waals surface area contributed by atoms with E-state index in [1.165, 1.54) is 0 Å². The molecular weight excluding hydrogens is 352 g/mol. The quantitative estimate of drug-likeness (QED) is 0.711. The molecule has 0 aliphatic rings. The van der Waals surface area contributed by atoms with E-state index in [4.69, 9.17) is 10.2 Å². The van der Waals surface area contributed by atoms with E-state index in [2.05, 4.69) is 31.1 Å². The first-order chi connectivity index (χ1) is 10.2. The first-order valence-corrected chi connectivity index (χ1v) is 7.91. The van der Waals surface area contributed by atoms with Gasteiger partial charge >= 0.3 is 0 Å². The predicted octanol–water partition coefficient (Wildman–Crippen LogP) is 3.77. The number of nitrogens with zero attached hydrogens (tertiary/aromatic N) is 3. The minimum atomic E-state index is 0.509. The molecule has 0 bridgehead atoms. The zero-order valence-corrected chi connectivity index (χ0v) is 13.3. The van der Waals surface area contributed by atoms with Gasteiger partial charge in [-0.05, 0) is 36.4 Å². The highest BCUT2D eigenvalue weighted by Crippen LogP contribution is 2.25. The first-order valence-electron chi connectivity index (χ1n) is 6.13. The number of aromatic nitrogens is 3. The van der Waals surface area contributed by atoms with E-state index >= 15 is 0 Å². The number of hydrogen-bond donors (Lipinski definition) is 1. The largest absolute Gasteiger partial charge is 0.420 e. The van der Waals surface area contributed by atoms with Crippen LogP contribution < -0.4 is 5.73 Å². The van der Waals surface area contributed by atoms with Gasteiger partial charge < -0.3 is 10.2 Å². The standard InChI is InChI=1S/C14H11BrN4OS/c15-10-3-1-9(2-4-10)14-19-18-13(20-14)8-21-11-5-6-12(16)17-7-11/h1-7H,8H2,(H2,16,17). The predicted molar refractivity (Wildman–Crippen MR) is 85.6 cm³/mol. The lowest BCUT2D eigenvalue weighted by molar-refractivity contribution is 0.528. The summed E-state index contributed by atoms with van der Waals surface area (Å²) in [4.78, 5) is 5.05. The van der Waals surface area contributed by atoms with E-state index in [9.17, 15) is 0 Å². The number of benzene rings is 1. The number of nitrogens with two attached hydrogens (primary N) is 1. The lowest BCUT2D eigenvalue weighted by Gasteiger charge is -1.98. The molecule has 0 fully saturated rings. The maximum Gasteiger partial charge on any atom is 0.247 e. The third-order valence-electron chi connectivity index (χ3n) is 2.68. The van der Waals surface area contributed by atoms with Gasteiger partial charge in [-0.25, -0.2) is 4.98 Å². The molecule has 0 radical (unpaired) electrons. The van der Waals surface area contributed by atoms with Gasteiger partial charge in [-0.2, -0.15) is 0 Å². The van der Waals surface area contributed by atoms with Gasteiger partial charge in [-0.15, -0.1) is 22.0 Å². The van der Waals surface area contributed by atoms with Crippen LogP contribution in [0.2, 0.25) is 0 Å². The second-order valence-electron chi connectivity index (χ2n) is 4.22. The Morgan fingerprint density at radius 3 is 2.62 bits per heavy atom. The second kappa shape index (κ2) is 6.28. The molecule has 2 N–H and O–H groups in total. The maximum atomic E-state index is 5.65. The summed E-state index contributed by atoms with van der Waals surface area (Å²) >= 11 is 4.97. The summed E-state index contributed by atoms with van der Waals surface area (Å²) in [5.74, 6) is 2.20. The molecule has 2 aromatic heterocycles. The minimum Gasteiger partial charge on any atom is -0.420 e. The van der Waals surface area contributed by atoms with Gasteiger partial charge in [0.25, 0.3) is 0 Å². The molecule has 7 heteroatoms. The van der Waals surface area contributed by atoms with E-state index in [1.54, 1.807) is 24.0 Å². The lowest BCUT2D eigenvalue weighted by Crippen LogP contribution is -1.88. The molecule has 0 aliphatic heterocycles. The molecule has 1 aromatic carbocycles. The normalized spacial score (nSPS) is 10.7. The summed E-state index contributed by atoms with van der Waals surface area (Å²) in [6.07, 6.45) is 1.73. The van der Waals surface area contributed by atoms with E-state index in [0.29, 0.717) is 23.4 Å². The third-order valence-corrected chi connectivity index (χ3v) is 4.17. The number of pyridine rings is 1. The Morgan fingerprint density at radius 2 is 1.90 bits per heavy atom. The number of hydrogen-bond acceptors (Lipinski definition) is 6. The summed E-state index contributed by atoms with van der Waals surface area (Å²) in [6.45, 7) is 0. The van der Waals surface area contributed by atoms with Crippen molar-refractivity contribution in [2.45, 2.75) is 10.6 Å². The molecule has 0 spiro atoms. The average Bonchev–Trinajstić information content (AvgIpc) is 2.96. The number of thioether (sulfide) groups is 1. The molecule has 0 unspecified atom stereocenters. The zero-order chi connectivity index (χ0) is 14.7. The van der Waals surface area contributed by atoms with E-state index in [-0.39, 0.29) is 0 Å². The van der Waals surface area contributed by atoms with Crippen molar-refractivity contribution in [2.75, 3.05) is 5.73 Å². The van der Waals surface area contributed by atoms with Crippen LogP contribution in [0, 0.1) is 0 Å². The zero-order valence-electron chi connectivity index (χ0n) is 10.9. The summed E-state index contributed by atoms with van der Waals surface area (Å²) in [5, 5.41) is 8.11. The molecule has 0 amide bonds.